The Bertz CT molecular complexity index is 565. The van der Waals surface area contributed by atoms with Crippen molar-refractivity contribution in [2.75, 3.05) is 11.4 Å². The Labute approximate surface area is 110 Å². The van der Waals surface area contributed by atoms with Gasteiger partial charge in [0.05, 0.1) is 0 Å². The summed E-state index contributed by atoms with van der Waals surface area (Å²) in [4.78, 5) is 22.7. The summed E-state index contributed by atoms with van der Waals surface area (Å²) in [6.07, 6.45) is 0. The van der Waals surface area contributed by atoms with Crippen molar-refractivity contribution in [2.24, 2.45) is 0 Å². The minimum absolute atomic E-state index is 0.253. The molecule has 9 heteroatoms. The Morgan fingerprint density at radius 1 is 1.32 bits per heavy atom. The molecule has 4 N–H and O–H groups in total. The zero-order valence-corrected chi connectivity index (χ0v) is 11.7. The van der Waals surface area contributed by atoms with Gasteiger partial charge in [0.25, 0.3) is 0 Å². The molecule has 0 aromatic heterocycles. The third-order valence-corrected chi connectivity index (χ3v) is 4.25. The van der Waals surface area contributed by atoms with E-state index in [2.05, 4.69) is 0 Å². The van der Waals surface area contributed by atoms with Gasteiger partial charge in [0, 0.05) is 0 Å². The Morgan fingerprint density at radius 3 is 2.32 bits per heavy atom. The fourth-order valence-electron chi connectivity index (χ4n) is 1.41. The molecule has 1 aromatic carbocycles. The Balaban J connectivity index is 3.33. The van der Waals surface area contributed by atoms with E-state index in [1.165, 1.54) is 0 Å². The van der Waals surface area contributed by atoms with E-state index in [0.29, 0.717) is 4.90 Å². The van der Waals surface area contributed by atoms with Crippen LogP contribution < -0.4 is 9.25 Å². The Morgan fingerprint density at radius 2 is 1.89 bits per heavy atom. The number of carboxylic acids is 1. The van der Waals surface area contributed by atoms with Crippen LogP contribution >= 0.6 is 0 Å². The maximum absolute atomic E-state index is 11.4. The number of nitrogens with zero attached hydrogens (tertiary/aromatic N) is 1. The summed E-state index contributed by atoms with van der Waals surface area (Å²) in [5, 5.41) is 18.3. The number of phenolic OH excluding ortho intramolecular Hbond substituents is 1. The van der Waals surface area contributed by atoms with E-state index in [9.17, 15) is 18.4 Å². The van der Waals surface area contributed by atoms with Gasteiger partial charge in [-0.3, -0.25) is 0 Å². The molecule has 8 nitrogen and oxygen atoms in total. The van der Waals surface area contributed by atoms with E-state index in [-0.39, 0.29) is 10.0 Å². The number of carbonyl (C=O) groups excluding carboxylic acids is 1. The van der Waals surface area contributed by atoms with Gasteiger partial charge in [-0.1, -0.05) is 0 Å². The molecule has 19 heavy (non-hydrogen) atoms. The van der Waals surface area contributed by atoms with Crippen LogP contribution in [0.5, 0.6) is 5.75 Å². The third-order valence-electron chi connectivity index (χ3n) is 2.26. The fourth-order valence-corrected chi connectivity index (χ4v) is 2.58. The van der Waals surface area contributed by atoms with Crippen molar-refractivity contribution < 1.29 is 31.7 Å². The summed E-state index contributed by atoms with van der Waals surface area (Å²) in [5.74, 6) is -2.43. The van der Waals surface area contributed by atoms with Crippen LogP contribution in [0.15, 0.2) is 18.2 Å². The van der Waals surface area contributed by atoms with Crippen molar-refractivity contribution in [3.63, 3.8) is 0 Å². The van der Waals surface area contributed by atoms with Gasteiger partial charge in [-0.2, -0.15) is 0 Å². The zero-order chi connectivity index (χ0) is 14.8. The molecule has 0 radical (unpaired) electrons. The van der Waals surface area contributed by atoms with Gasteiger partial charge in [0.2, 0.25) is 0 Å². The minimum atomic E-state index is -5.20. The number of amides is 1. The average molecular weight is 333 g/mol. The molecule has 0 aliphatic heterocycles. The second-order valence-corrected chi connectivity index (χ2v) is 7.08. The fraction of sp³-hybridized carbons (Fsp3) is 0.200. The molecule has 0 aliphatic rings. The number of aliphatic carboxylic acids is 1. The second-order valence-electron chi connectivity index (χ2n) is 3.72. The van der Waals surface area contributed by atoms with Gasteiger partial charge in [-0.05, 0) is 0 Å². The molecule has 1 amide bonds. The number of benzene rings is 1. The number of hydrogen-bond acceptors (Lipinski definition) is 4. The van der Waals surface area contributed by atoms with Gasteiger partial charge < -0.3 is 0 Å². The van der Waals surface area contributed by atoms with Crippen LogP contribution in [0.4, 0.5) is 5.69 Å². The van der Waals surface area contributed by atoms with Crippen LogP contribution in [0.3, 0.4) is 0 Å². The van der Waals surface area contributed by atoms with Gasteiger partial charge >= 0.3 is 110 Å². The standard InChI is InChI=1S/C10H12AsNO7/c1-6(13)12(5-10(15)16)8-4-7(11(17,18)19)2-3-9(8)14/h2-4,14H,5H2,1H3,(H,15,16)(H2,17,18,19). The van der Waals surface area contributed by atoms with Crippen molar-refractivity contribution in [1.82, 2.24) is 0 Å². The van der Waals surface area contributed by atoms with E-state index in [1.807, 2.05) is 0 Å². The number of carboxylic acid groups (broad SMARTS) is 1. The summed E-state index contributed by atoms with van der Waals surface area (Å²) >= 11 is -5.20. The monoisotopic (exact) mass is 333 g/mol. The van der Waals surface area contributed by atoms with Crippen LogP contribution in [0, 0.1) is 0 Å². The summed E-state index contributed by atoms with van der Waals surface area (Å²) in [7, 11) is 0. The number of phenols is 1. The number of carbonyl (C=O) groups is 2. The van der Waals surface area contributed by atoms with Crippen molar-refractivity contribution in [3.8, 4) is 5.75 Å². The van der Waals surface area contributed by atoms with Crippen LogP contribution in [0.2, 0.25) is 0 Å². The number of rotatable bonds is 4. The molecule has 0 spiro atoms. The van der Waals surface area contributed by atoms with Crippen LogP contribution in [-0.2, 0) is 13.3 Å². The molecule has 0 atom stereocenters. The molecular formula is C10H12AsNO7. The first-order valence-electron chi connectivity index (χ1n) is 5.02. The molecule has 0 aliphatic carbocycles. The first-order valence-corrected chi connectivity index (χ1v) is 8.40. The van der Waals surface area contributed by atoms with E-state index in [4.69, 9.17) is 13.3 Å². The third kappa shape index (κ3) is 3.85. The summed E-state index contributed by atoms with van der Waals surface area (Å²) in [6.45, 7) is 0.359. The van der Waals surface area contributed by atoms with Gasteiger partial charge in [-0.25, -0.2) is 0 Å². The van der Waals surface area contributed by atoms with E-state index in [1.54, 1.807) is 0 Å². The molecule has 104 valence electrons. The molecular weight excluding hydrogens is 321 g/mol. The van der Waals surface area contributed by atoms with Crippen molar-refractivity contribution in [3.05, 3.63) is 18.2 Å². The van der Waals surface area contributed by atoms with Gasteiger partial charge in [0.15, 0.2) is 0 Å². The molecule has 0 heterocycles. The second kappa shape index (κ2) is 5.48. The molecule has 1 rings (SSSR count). The Kier molecular flexibility index (Phi) is 4.41. The summed E-state index contributed by atoms with van der Waals surface area (Å²) < 4.78 is 29.0. The first-order chi connectivity index (χ1) is 8.62. The number of anilines is 1. The maximum atomic E-state index is 11.4. The Hall–Kier alpha value is -1.76. The topological polar surface area (TPSA) is 135 Å². The average Bonchev–Trinajstić information content (AvgIpc) is 2.24. The molecule has 0 bridgehead atoms. The quantitative estimate of drug-likeness (QED) is 0.487. The summed E-state index contributed by atoms with van der Waals surface area (Å²) in [6, 6.07) is 2.94. The molecule has 0 saturated heterocycles. The summed E-state index contributed by atoms with van der Waals surface area (Å²) in [5.41, 5.74) is -0.253. The molecule has 0 saturated carbocycles. The van der Waals surface area contributed by atoms with Gasteiger partial charge in [0.1, 0.15) is 0 Å². The predicted octanol–water partition coefficient (Wildman–Crippen LogP) is -1.61. The van der Waals surface area contributed by atoms with Crippen molar-refractivity contribution in [2.45, 2.75) is 6.92 Å². The predicted molar refractivity (Wildman–Crippen MR) is 64.3 cm³/mol. The SMILES string of the molecule is CC(=O)N(CC(=O)O)c1cc([As](=O)(O)O)ccc1O. The number of aromatic hydroxyl groups is 1. The van der Waals surface area contributed by atoms with Crippen molar-refractivity contribution in [1.29, 1.82) is 0 Å². The molecule has 0 fully saturated rings. The molecule has 1 aromatic rings. The first kappa shape index (κ1) is 15.3. The van der Waals surface area contributed by atoms with Crippen molar-refractivity contribution >= 4 is 36.1 Å². The van der Waals surface area contributed by atoms with E-state index < -0.39 is 38.3 Å². The van der Waals surface area contributed by atoms with Gasteiger partial charge in [-0.15, -0.1) is 0 Å². The van der Waals surface area contributed by atoms with Crippen LogP contribution in [-0.4, -0.2) is 51.0 Å². The van der Waals surface area contributed by atoms with E-state index >= 15 is 0 Å². The normalized spacial score (nSPS) is 11.1. The van der Waals surface area contributed by atoms with E-state index in [0.717, 1.165) is 25.1 Å². The van der Waals surface area contributed by atoms with Crippen LogP contribution in [0.25, 0.3) is 0 Å². The number of hydrogen-bond donors (Lipinski definition) is 4. The zero-order valence-electron chi connectivity index (χ0n) is 9.85. The van der Waals surface area contributed by atoms with Crippen LogP contribution in [0.1, 0.15) is 6.92 Å². The molecule has 0 unspecified atom stereocenters.